The van der Waals surface area contributed by atoms with Crippen molar-refractivity contribution in [3.05, 3.63) is 48.0 Å². The predicted molar refractivity (Wildman–Crippen MR) is 97.3 cm³/mol. The zero-order chi connectivity index (χ0) is 18.4. The maximum absolute atomic E-state index is 12.9. The Bertz CT molecular complexity index is 859. The summed E-state index contributed by atoms with van der Waals surface area (Å²) in [6.07, 6.45) is 2.90. The number of aryl methyl sites for hydroxylation is 1. The lowest BCUT2D eigenvalue weighted by Crippen LogP contribution is -2.07. The van der Waals surface area contributed by atoms with Gasteiger partial charge in [-0.15, -0.1) is 0 Å². The summed E-state index contributed by atoms with van der Waals surface area (Å²) >= 11 is 0. The monoisotopic (exact) mass is 361 g/mol. The van der Waals surface area contributed by atoms with E-state index < -0.39 is 15.8 Å². The van der Waals surface area contributed by atoms with Gasteiger partial charge in [0.05, 0.1) is 9.79 Å². The largest absolute Gasteiger partial charge is 0.426 e. The summed E-state index contributed by atoms with van der Waals surface area (Å²) in [5, 5.41) is 0. The molecule has 0 heterocycles. The number of nitrogen functional groups attached to an aromatic ring is 1. The second kappa shape index (κ2) is 8.16. The Morgan fingerprint density at radius 3 is 2.48 bits per heavy atom. The molecule has 0 amide bonds. The summed E-state index contributed by atoms with van der Waals surface area (Å²) in [5.41, 5.74) is 7.38. The van der Waals surface area contributed by atoms with E-state index >= 15 is 0 Å². The number of benzene rings is 2. The van der Waals surface area contributed by atoms with E-state index in [4.69, 9.17) is 10.5 Å². The highest BCUT2D eigenvalue weighted by Gasteiger charge is 2.20. The van der Waals surface area contributed by atoms with Crippen LogP contribution in [0.5, 0.6) is 5.75 Å². The number of carbonyl (C=O) groups excluding carboxylic acids is 1. The molecule has 0 atom stereocenters. The highest BCUT2D eigenvalue weighted by atomic mass is 32.2. The minimum atomic E-state index is -3.72. The second-order valence-corrected chi connectivity index (χ2v) is 7.72. The van der Waals surface area contributed by atoms with E-state index in [-0.39, 0.29) is 22.0 Å². The molecule has 5 nitrogen and oxygen atoms in total. The lowest BCUT2D eigenvalue weighted by atomic mass is 10.1. The number of nitrogens with two attached hydrogens (primary N) is 1. The zero-order valence-corrected chi connectivity index (χ0v) is 15.3. The van der Waals surface area contributed by atoms with Crippen LogP contribution < -0.4 is 10.5 Å². The molecule has 0 unspecified atom stereocenters. The first-order chi connectivity index (χ1) is 11.9. The molecule has 0 aliphatic carbocycles. The average Bonchev–Trinajstić information content (AvgIpc) is 2.61. The van der Waals surface area contributed by atoms with Crippen LogP contribution in [0.4, 0.5) is 5.69 Å². The summed E-state index contributed by atoms with van der Waals surface area (Å²) in [6, 6.07) is 10.7. The number of hydrogen-bond acceptors (Lipinski definition) is 5. The maximum Gasteiger partial charge on any atom is 0.310 e. The van der Waals surface area contributed by atoms with Crippen molar-refractivity contribution in [2.75, 3.05) is 5.73 Å². The lowest BCUT2D eigenvalue weighted by Gasteiger charge is -2.10. The van der Waals surface area contributed by atoms with Crippen molar-refractivity contribution in [1.29, 1.82) is 0 Å². The third kappa shape index (κ3) is 4.60. The molecule has 2 rings (SSSR count). The maximum atomic E-state index is 12.9. The molecule has 0 aliphatic heterocycles. The van der Waals surface area contributed by atoms with Gasteiger partial charge in [0, 0.05) is 12.1 Å². The van der Waals surface area contributed by atoms with E-state index in [1.54, 1.807) is 31.2 Å². The Balaban J connectivity index is 2.38. The van der Waals surface area contributed by atoms with E-state index in [0.29, 0.717) is 5.69 Å². The highest BCUT2D eigenvalue weighted by Crippen LogP contribution is 2.27. The molecule has 2 N–H and O–H groups in total. The van der Waals surface area contributed by atoms with Gasteiger partial charge in [-0.1, -0.05) is 26.3 Å². The van der Waals surface area contributed by atoms with Crippen molar-refractivity contribution in [2.24, 2.45) is 0 Å². The molecular weight excluding hydrogens is 338 g/mol. The van der Waals surface area contributed by atoms with Crippen molar-refractivity contribution in [3.8, 4) is 5.75 Å². The van der Waals surface area contributed by atoms with Gasteiger partial charge < -0.3 is 10.5 Å². The smallest absolute Gasteiger partial charge is 0.310 e. The van der Waals surface area contributed by atoms with Crippen LogP contribution in [-0.4, -0.2) is 14.4 Å². The van der Waals surface area contributed by atoms with Gasteiger partial charge in [0.15, 0.2) is 0 Å². The molecule has 0 saturated carbocycles. The number of hydrogen-bond donors (Lipinski definition) is 1. The van der Waals surface area contributed by atoms with E-state index in [9.17, 15) is 13.2 Å². The van der Waals surface area contributed by atoms with Crippen molar-refractivity contribution >= 4 is 21.5 Å². The molecule has 0 bridgehead atoms. The van der Waals surface area contributed by atoms with Gasteiger partial charge in [0.2, 0.25) is 9.84 Å². The summed E-state index contributed by atoms with van der Waals surface area (Å²) in [7, 11) is -3.72. The Morgan fingerprint density at radius 1 is 1.08 bits per heavy atom. The second-order valence-electron chi connectivity index (χ2n) is 5.77. The van der Waals surface area contributed by atoms with Crippen molar-refractivity contribution in [3.63, 3.8) is 0 Å². The number of sulfone groups is 1. The first kappa shape index (κ1) is 19.0. The van der Waals surface area contributed by atoms with E-state index in [1.807, 2.05) is 0 Å². The third-order valence-corrected chi connectivity index (χ3v) is 5.61. The van der Waals surface area contributed by atoms with Gasteiger partial charge in [-0.2, -0.15) is 0 Å². The van der Waals surface area contributed by atoms with Crippen LogP contribution >= 0.6 is 0 Å². The van der Waals surface area contributed by atoms with Gasteiger partial charge in [-0.3, -0.25) is 4.79 Å². The topological polar surface area (TPSA) is 86.5 Å². The quantitative estimate of drug-likeness (QED) is 0.461. The van der Waals surface area contributed by atoms with Crippen LogP contribution in [0, 0.1) is 0 Å². The van der Waals surface area contributed by atoms with Crippen LogP contribution in [0.25, 0.3) is 0 Å². The Hall–Kier alpha value is -2.34. The molecule has 2 aromatic rings. The first-order valence-electron chi connectivity index (χ1n) is 8.32. The number of ether oxygens (including phenoxy) is 1. The molecule has 0 aliphatic rings. The normalized spacial score (nSPS) is 11.3. The fraction of sp³-hybridized carbons (Fsp3) is 0.316. The molecule has 0 aromatic heterocycles. The van der Waals surface area contributed by atoms with E-state index in [2.05, 4.69) is 6.92 Å². The molecule has 0 fully saturated rings. The minimum absolute atomic E-state index is 0.0834. The van der Waals surface area contributed by atoms with Crippen LogP contribution in [-0.2, 0) is 21.1 Å². The molecule has 2 aromatic carbocycles. The Kier molecular flexibility index (Phi) is 6.20. The van der Waals surface area contributed by atoms with Crippen LogP contribution in [0.15, 0.2) is 52.3 Å². The molecule has 0 radical (unpaired) electrons. The average molecular weight is 361 g/mol. The SMILES string of the molecule is CCCCc1cc(S(=O)(=O)c2cccc(OC(=O)CC)c2)ccc1N. The predicted octanol–water partition coefficient (Wildman–Crippen LogP) is 3.76. The van der Waals surface area contributed by atoms with Gasteiger partial charge in [0.1, 0.15) is 5.75 Å². The Labute approximate surface area is 148 Å². The summed E-state index contributed by atoms with van der Waals surface area (Å²) in [6.45, 7) is 3.75. The van der Waals surface area contributed by atoms with Crippen molar-refractivity contribution < 1.29 is 17.9 Å². The van der Waals surface area contributed by atoms with Gasteiger partial charge in [-0.05, 0) is 54.8 Å². The van der Waals surface area contributed by atoms with Crippen LogP contribution in [0.3, 0.4) is 0 Å². The third-order valence-electron chi connectivity index (χ3n) is 3.86. The van der Waals surface area contributed by atoms with Gasteiger partial charge in [-0.25, -0.2) is 8.42 Å². The van der Waals surface area contributed by atoms with E-state index in [1.165, 1.54) is 18.2 Å². The Morgan fingerprint density at radius 2 is 1.80 bits per heavy atom. The zero-order valence-electron chi connectivity index (χ0n) is 14.5. The highest BCUT2D eigenvalue weighted by molar-refractivity contribution is 7.91. The van der Waals surface area contributed by atoms with E-state index in [0.717, 1.165) is 24.8 Å². The fourth-order valence-corrected chi connectivity index (χ4v) is 3.72. The number of esters is 1. The van der Waals surface area contributed by atoms with Crippen LogP contribution in [0.1, 0.15) is 38.7 Å². The number of carbonyl (C=O) groups is 1. The standard InChI is InChI=1S/C19H23NO4S/c1-3-5-7-14-12-17(10-11-18(14)20)25(22,23)16-9-6-8-15(13-16)24-19(21)4-2/h6,8-13H,3-5,7,20H2,1-2H3. The molecule has 0 spiro atoms. The number of unbranched alkanes of at least 4 members (excludes halogenated alkanes) is 1. The summed E-state index contributed by atoms with van der Waals surface area (Å²) < 4.78 is 30.9. The minimum Gasteiger partial charge on any atom is -0.426 e. The molecule has 0 saturated heterocycles. The molecule has 6 heteroatoms. The fourth-order valence-electron chi connectivity index (χ4n) is 2.38. The molecule has 25 heavy (non-hydrogen) atoms. The summed E-state index contributed by atoms with van der Waals surface area (Å²) in [4.78, 5) is 11.7. The van der Waals surface area contributed by atoms with Crippen molar-refractivity contribution in [2.45, 2.75) is 49.3 Å². The number of rotatable bonds is 7. The molecular formula is C19H23NO4S. The van der Waals surface area contributed by atoms with Gasteiger partial charge >= 0.3 is 5.97 Å². The molecule has 134 valence electrons. The van der Waals surface area contributed by atoms with Crippen molar-refractivity contribution in [1.82, 2.24) is 0 Å². The number of anilines is 1. The summed E-state index contributed by atoms with van der Waals surface area (Å²) in [5.74, 6) is -0.196. The van der Waals surface area contributed by atoms with Crippen LogP contribution in [0.2, 0.25) is 0 Å². The lowest BCUT2D eigenvalue weighted by molar-refractivity contribution is -0.134. The van der Waals surface area contributed by atoms with Gasteiger partial charge in [0.25, 0.3) is 0 Å². The first-order valence-corrected chi connectivity index (χ1v) is 9.81.